The molecule has 2 aromatic carbocycles. The molecule has 0 saturated heterocycles. The Morgan fingerprint density at radius 2 is 2.00 bits per heavy atom. The lowest BCUT2D eigenvalue weighted by molar-refractivity contribution is 0.181. The van der Waals surface area contributed by atoms with Gasteiger partial charge in [-0.1, -0.05) is 30.3 Å². The molecule has 5 heteroatoms. The van der Waals surface area contributed by atoms with E-state index in [0.717, 1.165) is 5.56 Å². The number of guanidine groups is 1. The van der Waals surface area contributed by atoms with Crippen molar-refractivity contribution < 1.29 is 9.13 Å². The van der Waals surface area contributed by atoms with E-state index in [1.54, 1.807) is 20.2 Å². The van der Waals surface area contributed by atoms with E-state index < -0.39 is 0 Å². The maximum absolute atomic E-state index is 13.7. The molecule has 0 aliphatic rings. The number of aliphatic imine (C=N–C) groups is 1. The van der Waals surface area contributed by atoms with Crippen molar-refractivity contribution in [2.75, 3.05) is 14.2 Å². The molecule has 0 aromatic heterocycles. The Morgan fingerprint density at radius 3 is 2.68 bits per heavy atom. The van der Waals surface area contributed by atoms with Gasteiger partial charge in [-0.25, -0.2) is 4.39 Å². The van der Waals surface area contributed by atoms with Crippen LogP contribution >= 0.6 is 0 Å². The number of methoxy groups -OCH3 is 1. The van der Waals surface area contributed by atoms with E-state index in [1.165, 1.54) is 17.2 Å². The molecule has 0 aliphatic carbocycles. The van der Waals surface area contributed by atoms with Crippen molar-refractivity contribution in [1.29, 1.82) is 0 Å². The first-order valence-electron chi connectivity index (χ1n) is 8.34. The minimum Gasteiger partial charge on any atom is -0.380 e. The van der Waals surface area contributed by atoms with Gasteiger partial charge >= 0.3 is 0 Å². The summed E-state index contributed by atoms with van der Waals surface area (Å²) in [5.74, 6) is 0.453. The first kappa shape index (κ1) is 18.9. The van der Waals surface area contributed by atoms with Crippen LogP contribution in [0, 0.1) is 12.7 Å². The zero-order valence-corrected chi connectivity index (χ0v) is 15.3. The third-order valence-corrected chi connectivity index (χ3v) is 4.10. The summed E-state index contributed by atoms with van der Waals surface area (Å²) in [5, 5.41) is 6.66. The van der Waals surface area contributed by atoms with Crippen LogP contribution in [0.4, 0.5) is 4.39 Å². The number of nitrogens with zero attached hydrogens (tertiary/aromatic N) is 1. The van der Waals surface area contributed by atoms with Crippen LogP contribution in [0.2, 0.25) is 0 Å². The van der Waals surface area contributed by atoms with Crippen LogP contribution in [0.3, 0.4) is 0 Å². The molecule has 25 heavy (non-hydrogen) atoms. The SMILES string of the molecule is CN=C(NCc1ccc(F)c(COC)c1)NC(C)c1ccccc1C. The fraction of sp³-hybridized carbons (Fsp3) is 0.350. The van der Waals surface area contributed by atoms with Crippen LogP contribution in [-0.4, -0.2) is 20.1 Å². The van der Waals surface area contributed by atoms with Gasteiger partial charge in [0.2, 0.25) is 0 Å². The molecule has 0 saturated carbocycles. The Kier molecular flexibility index (Phi) is 6.95. The first-order chi connectivity index (χ1) is 12.0. The van der Waals surface area contributed by atoms with Gasteiger partial charge in [0.25, 0.3) is 0 Å². The fourth-order valence-corrected chi connectivity index (χ4v) is 2.74. The van der Waals surface area contributed by atoms with Crippen LogP contribution in [-0.2, 0) is 17.9 Å². The molecule has 2 N–H and O–H groups in total. The Hall–Kier alpha value is -2.40. The van der Waals surface area contributed by atoms with Crippen LogP contribution in [0.15, 0.2) is 47.5 Å². The molecule has 4 nitrogen and oxygen atoms in total. The van der Waals surface area contributed by atoms with Gasteiger partial charge in [0.1, 0.15) is 5.82 Å². The highest BCUT2D eigenvalue weighted by Crippen LogP contribution is 2.16. The number of nitrogens with one attached hydrogen (secondary N) is 2. The molecule has 0 heterocycles. The van der Waals surface area contributed by atoms with Crippen molar-refractivity contribution in [2.24, 2.45) is 4.99 Å². The van der Waals surface area contributed by atoms with Gasteiger partial charge in [-0.15, -0.1) is 0 Å². The Morgan fingerprint density at radius 1 is 1.24 bits per heavy atom. The minimum absolute atomic E-state index is 0.129. The molecule has 2 aromatic rings. The van der Waals surface area contributed by atoms with Crippen molar-refractivity contribution in [3.63, 3.8) is 0 Å². The molecule has 0 bridgehead atoms. The van der Waals surface area contributed by atoms with Crippen molar-refractivity contribution in [3.05, 3.63) is 70.5 Å². The van der Waals surface area contributed by atoms with E-state index in [1.807, 2.05) is 18.2 Å². The topological polar surface area (TPSA) is 45.7 Å². The van der Waals surface area contributed by atoms with Crippen molar-refractivity contribution in [1.82, 2.24) is 10.6 Å². The summed E-state index contributed by atoms with van der Waals surface area (Å²) in [7, 11) is 3.30. The normalized spacial score (nSPS) is 12.8. The molecule has 0 radical (unpaired) electrons. The van der Waals surface area contributed by atoms with Crippen molar-refractivity contribution in [2.45, 2.75) is 33.0 Å². The van der Waals surface area contributed by atoms with Crippen molar-refractivity contribution in [3.8, 4) is 0 Å². The van der Waals surface area contributed by atoms with Gasteiger partial charge < -0.3 is 15.4 Å². The van der Waals surface area contributed by atoms with E-state index in [-0.39, 0.29) is 18.5 Å². The van der Waals surface area contributed by atoms with Crippen molar-refractivity contribution >= 4 is 5.96 Å². The second kappa shape index (κ2) is 9.18. The average Bonchev–Trinajstić information content (AvgIpc) is 2.61. The predicted molar refractivity (Wildman–Crippen MR) is 100 cm³/mol. The summed E-state index contributed by atoms with van der Waals surface area (Å²) in [4.78, 5) is 4.27. The van der Waals surface area contributed by atoms with Crippen LogP contribution in [0.5, 0.6) is 0 Å². The summed E-state index contributed by atoms with van der Waals surface area (Å²) in [6, 6.07) is 13.4. The highest BCUT2D eigenvalue weighted by Gasteiger charge is 2.10. The molecule has 0 amide bonds. The quantitative estimate of drug-likeness (QED) is 0.621. The molecular formula is C20H26FN3O. The number of hydrogen-bond donors (Lipinski definition) is 2. The number of rotatable bonds is 6. The molecule has 1 unspecified atom stereocenters. The van der Waals surface area contributed by atoms with Gasteiger partial charge in [0, 0.05) is 26.3 Å². The number of ether oxygens (including phenoxy) is 1. The maximum atomic E-state index is 13.7. The Labute approximate surface area is 149 Å². The lowest BCUT2D eigenvalue weighted by Gasteiger charge is -2.20. The lowest BCUT2D eigenvalue weighted by Crippen LogP contribution is -2.38. The summed E-state index contributed by atoms with van der Waals surface area (Å²) >= 11 is 0. The van der Waals surface area contributed by atoms with E-state index in [4.69, 9.17) is 4.74 Å². The van der Waals surface area contributed by atoms with E-state index in [9.17, 15) is 4.39 Å². The Bertz CT molecular complexity index is 731. The molecule has 2 rings (SSSR count). The van der Waals surface area contributed by atoms with E-state index >= 15 is 0 Å². The average molecular weight is 343 g/mol. The van der Waals surface area contributed by atoms with Gasteiger partial charge in [-0.2, -0.15) is 0 Å². The highest BCUT2D eigenvalue weighted by atomic mass is 19.1. The summed E-state index contributed by atoms with van der Waals surface area (Å²) < 4.78 is 18.7. The summed E-state index contributed by atoms with van der Waals surface area (Å²) in [6.45, 7) is 5.01. The summed E-state index contributed by atoms with van der Waals surface area (Å²) in [5.41, 5.74) is 3.99. The maximum Gasteiger partial charge on any atom is 0.191 e. The molecule has 1 atom stereocenters. The monoisotopic (exact) mass is 343 g/mol. The summed E-state index contributed by atoms with van der Waals surface area (Å²) in [6.07, 6.45) is 0. The van der Waals surface area contributed by atoms with Gasteiger partial charge in [-0.3, -0.25) is 4.99 Å². The molecule has 0 fully saturated rings. The van der Waals surface area contributed by atoms with Gasteiger partial charge in [0.05, 0.1) is 12.6 Å². The van der Waals surface area contributed by atoms with Gasteiger partial charge in [-0.05, 0) is 42.7 Å². The minimum atomic E-state index is -0.249. The number of aryl methyl sites for hydroxylation is 1. The largest absolute Gasteiger partial charge is 0.380 e. The zero-order chi connectivity index (χ0) is 18.2. The number of hydrogen-bond acceptors (Lipinski definition) is 2. The third-order valence-electron chi connectivity index (χ3n) is 4.10. The van der Waals surface area contributed by atoms with Gasteiger partial charge in [0.15, 0.2) is 5.96 Å². The third kappa shape index (κ3) is 5.29. The van der Waals surface area contributed by atoms with Crippen LogP contribution in [0.25, 0.3) is 0 Å². The van der Waals surface area contributed by atoms with E-state index in [2.05, 4.69) is 41.6 Å². The highest BCUT2D eigenvalue weighted by molar-refractivity contribution is 5.80. The zero-order valence-electron chi connectivity index (χ0n) is 15.3. The predicted octanol–water partition coefficient (Wildman–Crippen LogP) is 3.71. The fourth-order valence-electron chi connectivity index (χ4n) is 2.74. The standard InChI is InChI=1S/C20H26FN3O/c1-14-7-5-6-8-18(14)15(2)24-20(22-3)23-12-16-9-10-19(21)17(11-16)13-25-4/h5-11,15H,12-13H2,1-4H3,(H2,22,23,24). The van der Waals surface area contributed by atoms with E-state index in [0.29, 0.717) is 18.1 Å². The second-order valence-electron chi connectivity index (χ2n) is 6.01. The number of benzene rings is 2. The molecular weight excluding hydrogens is 317 g/mol. The van der Waals surface area contributed by atoms with Crippen LogP contribution < -0.4 is 10.6 Å². The Balaban J connectivity index is 1.99. The molecule has 0 spiro atoms. The smallest absolute Gasteiger partial charge is 0.191 e. The second-order valence-corrected chi connectivity index (χ2v) is 6.01. The molecule has 0 aliphatic heterocycles. The number of halogens is 1. The first-order valence-corrected chi connectivity index (χ1v) is 8.34. The lowest BCUT2D eigenvalue weighted by atomic mass is 10.0. The van der Waals surface area contributed by atoms with Crippen LogP contribution in [0.1, 0.15) is 35.2 Å². The molecule has 134 valence electrons.